The van der Waals surface area contributed by atoms with Crippen molar-refractivity contribution in [3.05, 3.63) is 41.0 Å². The van der Waals surface area contributed by atoms with Crippen LogP contribution in [0.25, 0.3) is 5.76 Å². The highest BCUT2D eigenvalue weighted by Gasteiger charge is 2.17. The number of benzene rings is 1. The number of aryl methyl sites for hydroxylation is 1. The van der Waals surface area contributed by atoms with Crippen molar-refractivity contribution in [2.45, 2.75) is 13.3 Å². The maximum atomic E-state index is 11.4. The molecule has 1 aromatic carbocycles. The lowest BCUT2D eigenvalue weighted by atomic mass is 9.93. The zero-order valence-corrected chi connectivity index (χ0v) is 8.33. The third-order valence-electron chi connectivity index (χ3n) is 2.40. The first-order valence-electron chi connectivity index (χ1n) is 4.59. The molecule has 0 aromatic heterocycles. The summed E-state index contributed by atoms with van der Waals surface area (Å²) in [6.07, 6.45) is 2.06. The minimum Gasteiger partial charge on any atom is -0.496 e. The fourth-order valence-electron chi connectivity index (χ4n) is 1.74. The summed E-state index contributed by atoms with van der Waals surface area (Å²) in [4.78, 5) is 11.4. The summed E-state index contributed by atoms with van der Waals surface area (Å²) in [7, 11) is 1.59. The van der Waals surface area contributed by atoms with Crippen molar-refractivity contribution in [2.24, 2.45) is 0 Å². The molecule has 2 nitrogen and oxygen atoms in total. The van der Waals surface area contributed by atoms with Crippen LogP contribution >= 0.6 is 0 Å². The molecule has 2 rings (SSSR count). The zero-order valence-electron chi connectivity index (χ0n) is 8.33. The number of hydrogen-bond acceptors (Lipinski definition) is 2. The summed E-state index contributed by atoms with van der Waals surface area (Å²) >= 11 is 0. The van der Waals surface area contributed by atoms with Gasteiger partial charge in [-0.1, -0.05) is 23.8 Å². The molecule has 14 heavy (non-hydrogen) atoms. The second kappa shape index (κ2) is 3.29. The third-order valence-corrected chi connectivity index (χ3v) is 2.40. The van der Waals surface area contributed by atoms with Gasteiger partial charge >= 0.3 is 0 Å². The number of ether oxygens (including phenoxy) is 1. The van der Waals surface area contributed by atoms with E-state index in [-0.39, 0.29) is 5.78 Å². The summed E-state index contributed by atoms with van der Waals surface area (Å²) in [6, 6.07) is 6.08. The Kier molecular flexibility index (Phi) is 2.12. The predicted octanol–water partition coefficient (Wildman–Crippen LogP) is 2.11. The van der Waals surface area contributed by atoms with Crippen molar-refractivity contribution in [1.82, 2.24) is 0 Å². The molecule has 0 aliphatic heterocycles. The highest BCUT2D eigenvalue weighted by molar-refractivity contribution is 6.00. The SMILES string of the molecule is COC1=CC(=O)Cc2cc(C)ccc21. The van der Waals surface area contributed by atoms with Crippen LogP contribution in [0.4, 0.5) is 0 Å². The van der Waals surface area contributed by atoms with Gasteiger partial charge in [0.15, 0.2) is 5.78 Å². The van der Waals surface area contributed by atoms with Crippen LogP contribution in [0.3, 0.4) is 0 Å². The molecule has 72 valence electrons. The van der Waals surface area contributed by atoms with E-state index in [1.165, 1.54) is 5.56 Å². The van der Waals surface area contributed by atoms with Crippen LogP contribution in [-0.4, -0.2) is 12.9 Å². The lowest BCUT2D eigenvalue weighted by Crippen LogP contribution is -2.10. The Hall–Kier alpha value is -1.57. The summed E-state index contributed by atoms with van der Waals surface area (Å²) in [6.45, 7) is 2.02. The largest absolute Gasteiger partial charge is 0.496 e. The van der Waals surface area contributed by atoms with Gasteiger partial charge in [0.1, 0.15) is 5.76 Å². The van der Waals surface area contributed by atoms with Gasteiger partial charge in [-0.05, 0) is 12.5 Å². The Labute approximate surface area is 83.2 Å². The van der Waals surface area contributed by atoms with E-state index in [2.05, 4.69) is 0 Å². The predicted molar refractivity (Wildman–Crippen MR) is 54.9 cm³/mol. The molecule has 1 aliphatic rings. The van der Waals surface area contributed by atoms with E-state index in [0.717, 1.165) is 11.1 Å². The van der Waals surface area contributed by atoms with E-state index in [0.29, 0.717) is 12.2 Å². The number of hydrogen-bond donors (Lipinski definition) is 0. The van der Waals surface area contributed by atoms with E-state index >= 15 is 0 Å². The highest BCUT2D eigenvalue weighted by Crippen LogP contribution is 2.25. The fraction of sp³-hybridized carbons (Fsp3) is 0.250. The molecule has 0 bridgehead atoms. The topological polar surface area (TPSA) is 26.3 Å². The third kappa shape index (κ3) is 1.43. The minimum absolute atomic E-state index is 0.111. The second-order valence-corrected chi connectivity index (χ2v) is 3.52. The molecular weight excluding hydrogens is 176 g/mol. The quantitative estimate of drug-likeness (QED) is 0.674. The average Bonchev–Trinajstić information content (AvgIpc) is 2.15. The van der Waals surface area contributed by atoms with Crippen LogP contribution in [0.2, 0.25) is 0 Å². The Morgan fingerprint density at radius 1 is 1.36 bits per heavy atom. The Balaban J connectivity index is 2.56. The van der Waals surface area contributed by atoms with E-state index < -0.39 is 0 Å². The lowest BCUT2D eigenvalue weighted by Gasteiger charge is -2.16. The van der Waals surface area contributed by atoms with Crippen LogP contribution in [0, 0.1) is 6.92 Å². The number of allylic oxidation sites excluding steroid dienone is 1. The van der Waals surface area contributed by atoms with Crippen LogP contribution in [-0.2, 0) is 16.0 Å². The molecule has 0 radical (unpaired) electrons. The molecule has 0 saturated heterocycles. The average molecular weight is 188 g/mol. The maximum absolute atomic E-state index is 11.4. The van der Waals surface area contributed by atoms with Crippen LogP contribution < -0.4 is 0 Å². The van der Waals surface area contributed by atoms with Crippen LogP contribution in [0.5, 0.6) is 0 Å². The molecule has 0 unspecified atom stereocenters. The fourth-order valence-corrected chi connectivity index (χ4v) is 1.74. The number of rotatable bonds is 1. The standard InChI is InChI=1S/C12H12O2/c1-8-3-4-11-9(5-8)6-10(13)7-12(11)14-2/h3-5,7H,6H2,1-2H3. The number of methoxy groups -OCH3 is 1. The van der Waals surface area contributed by atoms with Gasteiger partial charge in [-0.15, -0.1) is 0 Å². The second-order valence-electron chi connectivity index (χ2n) is 3.52. The summed E-state index contributed by atoms with van der Waals surface area (Å²) in [5.41, 5.74) is 3.28. The van der Waals surface area contributed by atoms with Crippen LogP contribution in [0.1, 0.15) is 16.7 Å². The van der Waals surface area contributed by atoms with Crippen molar-refractivity contribution < 1.29 is 9.53 Å². The number of carbonyl (C=O) groups excluding carboxylic acids is 1. The maximum Gasteiger partial charge on any atom is 0.163 e. The lowest BCUT2D eigenvalue weighted by molar-refractivity contribution is -0.114. The van der Waals surface area contributed by atoms with Gasteiger partial charge in [-0.25, -0.2) is 0 Å². The minimum atomic E-state index is 0.111. The van der Waals surface area contributed by atoms with E-state index in [4.69, 9.17) is 4.74 Å². The van der Waals surface area contributed by atoms with Crippen molar-refractivity contribution >= 4 is 11.5 Å². The number of carbonyl (C=O) groups is 1. The molecule has 1 aliphatic carbocycles. The molecule has 0 heterocycles. The van der Waals surface area contributed by atoms with Gasteiger partial charge in [-0.3, -0.25) is 4.79 Å². The van der Waals surface area contributed by atoms with Crippen molar-refractivity contribution in [3.63, 3.8) is 0 Å². The monoisotopic (exact) mass is 188 g/mol. The summed E-state index contributed by atoms with van der Waals surface area (Å²) in [5.74, 6) is 0.788. The molecule has 0 N–H and O–H groups in total. The molecule has 0 spiro atoms. The molecule has 0 atom stereocenters. The first kappa shape index (κ1) is 9.00. The Bertz CT molecular complexity index is 416. The smallest absolute Gasteiger partial charge is 0.163 e. The first-order chi connectivity index (χ1) is 6.70. The van der Waals surface area contributed by atoms with Gasteiger partial charge < -0.3 is 4.74 Å². The summed E-state index contributed by atoms with van der Waals surface area (Å²) < 4.78 is 5.17. The van der Waals surface area contributed by atoms with Gasteiger partial charge in [0, 0.05) is 18.1 Å². The van der Waals surface area contributed by atoms with E-state index in [1.807, 2.05) is 25.1 Å². The van der Waals surface area contributed by atoms with Crippen molar-refractivity contribution in [3.8, 4) is 0 Å². The highest BCUT2D eigenvalue weighted by atomic mass is 16.5. The number of fused-ring (bicyclic) bond motifs is 1. The van der Waals surface area contributed by atoms with Gasteiger partial charge in [0.25, 0.3) is 0 Å². The Morgan fingerprint density at radius 2 is 2.14 bits per heavy atom. The van der Waals surface area contributed by atoms with E-state index in [1.54, 1.807) is 13.2 Å². The zero-order chi connectivity index (χ0) is 10.1. The van der Waals surface area contributed by atoms with Gasteiger partial charge in [0.2, 0.25) is 0 Å². The Morgan fingerprint density at radius 3 is 2.86 bits per heavy atom. The molecule has 2 heteroatoms. The first-order valence-corrected chi connectivity index (χ1v) is 4.59. The normalized spacial score (nSPS) is 14.7. The van der Waals surface area contributed by atoms with Gasteiger partial charge in [0.05, 0.1) is 7.11 Å². The van der Waals surface area contributed by atoms with Crippen molar-refractivity contribution in [2.75, 3.05) is 7.11 Å². The molecular formula is C12H12O2. The van der Waals surface area contributed by atoms with Crippen molar-refractivity contribution in [1.29, 1.82) is 0 Å². The van der Waals surface area contributed by atoms with E-state index in [9.17, 15) is 4.79 Å². The summed E-state index contributed by atoms with van der Waals surface area (Å²) in [5, 5.41) is 0. The number of ketones is 1. The molecule has 1 aromatic rings. The molecule has 0 saturated carbocycles. The molecule has 0 amide bonds. The molecule has 0 fully saturated rings. The van der Waals surface area contributed by atoms with Gasteiger partial charge in [-0.2, -0.15) is 0 Å². The van der Waals surface area contributed by atoms with Crippen LogP contribution in [0.15, 0.2) is 24.3 Å².